The summed E-state index contributed by atoms with van der Waals surface area (Å²) in [5.41, 5.74) is 2.55. The average Bonchev–Trinajstić information content (AvgIpc) is 3.01. The molecule has 0 aliphatic rings. The van der Waals surface area contributed by atoms with Crippen molar-refractivity contribution in [3.63, 3.8) is 0 Å². The largest absolute Gasteiger partial charge is 0.354 e. The predicted octanol–water partition coefficient (Wildman–Crippen LogP) is 6.69. The normalized spacial score (nSPS) is 11.0. The fourth-order valence-electron chi connectivity index (χ4n) is 2.83. The monoisotopic (exact) mass is 398 g/mol. The van der Waals surface area contributed by atoms with E-state index in [1.807, 2.05) is 30.3 Å². The highest BCUT2D eigenvalue weighted by Crippen LogP contribution is 2.42. The van der Waals surface area contributed by atoms with E-state index in [1.54, 1.807) is 18.2 Å². The minimum absolute atomic E-state index is 0.0272. The second-order valence-electron chi connectivity index (χ2n) is 5.86. The van der Waals surface area contributed by atoms with Gasteiger partial charge in [0, 0.05) is 32.8 Å². The van der Waals surface area contributed by atoms with Gasteiger partial charge in [-0.25, -0.2) is 4.39 Å². The summed E-state index contributed by atoms with van der Waals surface area (Å²) in [5, 5.41) is 11.6. The molecule has 7 heteroatoms. The smallest absolute Gasteiger partial charge is 0.269 e. The van der Waals surface area contributed by atoms with Crippen molar-refractivity contribution in [3.8, 4) is 11.3 Å². The van der Waals surface area contributed by atoms with Crippen molar-refractivity contribution < 1.29 is 9.31 Å². The second-order valence-corrected chi connectivity index (χ2v) is 7.35. The molecule has 0 aliphatic carbocycles. The molecule has 0 unspecified atom stereocenters. The third kappa shape index (κ3) is 3.41. The van der Waals surface area contributed by atoms with Crippen LogP contribution in [0.25, 0.3) is 22.2 Å². The number of nitro benzene ring substituents is 1. The summed E-state index contributed by atoms with van der Waals surface area (Å²) in [6.07, 6.45) is 0. The van der Waals surface area contributed by atoms with Gasteiger partial charge in [-0.3, -0.25) is 10.1 Å². The molecule has 1 heterocycles. The minimum atomic E-state index is -0.492. The second kappa shape index (κ2) is 7.06. The summed E-state index contributed by atoms with van der Waals surface area (Å²) in [7, 11) is 0. The van der Waals surface area contributed by atoms with Gasteiger partial charge in [0.1, 0.15) is 5.82 Å². The van der Waals surface area contributed by atoms with Crippen LogP contribution in [0.1, 0.15) is 0 Å². The molecule has 0 amide bonds. The molecule has 0 atom stereocenters. The highest BCUT2D eigenvalue weighted by Gasteiger charge is 2.17. The zero-order valence-electron chi connectivity index (χ0n) is 13.8. The van der Waals surface area contributed by atoms with Crippen molar-refractivity contribution in [1.82, 2.24) is 4.98 Å². The lowest BCUT2D eigenvalue weighted by Crippen LogP contribution is -1.86. The minimum Gasteiger partial charge on any atom is -0.354 e. The van der Waals surface area contributed by atoms with E-state index in [1.165, 1.54) is 30.0 Å². The zero-order valence-corrected chi connectivity index (χ0v) is 15.4. The topological polar surface area (TPSA) is 58.9 Å². The molecule has 0 spiro atoms. The third-order valence-corrected chi connectivity index (χ3v) is 5.55. The first-order valence-electron chi connectivity index (χ1n) is 8.01. The molecule has 0 radical (unpaired) electrons. The van der Waals surface area contributed by atoms with Gasteiger partial charge in [0.25, 0.3) is 5.69 Å². The number of aromatic amines is 1. The fraction of sp³-hybridized carbons (Fsp3) is 0. The molecule has 0 aliphatic heterocycles. The van der Waals surface area contributed by atoms with Crippen molar-refractivity contribution in [2.75, 3.05) is 0 Å². The Morgan fingerprint density at radius 2 is 1.74 bits per heavy atom. The first-order chi connectivity index (χ1) is 13.0. The number of aromatic nitrogens is 1. The van der Waals surface area contributed by atoms with Crippen LogP contribution < -0.4 is 0 Å². The maximum absolute atomic E-state index is 14.1. The Bertz CT molecular complexity index is 1140. The van der Waals surface area contributed by atoms with Gasteiger partial charge in [0.2, 0.25) is 0 Å². The number of nitro groups is 1. The fourth-order valence-corrected chi connectivity index (χ4v) is 4.05. The lowest BCUT2D eigenvalue weighted by molar-refractivity contribution is -0.384. The highest BCUT2D eigenvalue weighted by atomic mass is 35.5. The van der Waals surface area contributed by atoms with Crippen molar-refractivity contribution in [2.24, 2.45) is 0 Å². The number of benzene rings is 3. The van der Waals surface area contributed by atoms with Crippen molar-refractivity contribution >= 4 is 40.0 Å². The number of rotatable bonds is 4. The van der Waals surface area contributed by atoms with Crippen LogP contribution >= 0.6 is 23.4 Å². The average molecular weight is 399 g/mol. The number of hydrogen-bond acceptors (Lipinski definition) is 3. The van der Waals surface area contributed by atoms with Crippen LogP contribution in [-0.2, 0) is 0 Å². The van der Waals surface area contributed by atoms with Crippen LogP contribution in [0.4, 0.5) is 10.1 Å². The molecular weight excluding hydrogens is 387 g/mol. The summed E-state index contributed by atoms with van der Waals surface area (Å²) in [6, 6.07) is 19.0. The maximum atomic E-state index is 14.1. The molecule has 27 heavy (non-hydrogen) atoms. The lowest BCUT2D eigenvalue weighted by Gasteiger charge is -2.05. The molecule has 3 aromatic carbocycles. The Morgan fingerprint density at radius 1 is 1.04 bits per heavy atom. The molecule has 1 N–H and O–H groups in total. The molecule has 0 saturated carbocycles. The molecule has 4 nitrogen and oxygen atoms in total. The summed E-state index contributed by atoms with van der Waals surface area (Å²) < 4.78 is 14.1. The van der Waals surface area contributed by atoms with Gasteiger partial charge in [0.05, 0.1) is 15.6 Å². The lowest BCUT2D eigenvalue weighted by atomic mass is 10.1. The van der Waals surface area contributed by atoms with E-state index in [4.69, 9.17) is 11.6 Å². The Labute approximate surface area is 163 Å². The predicted molar refractivity (Wildman–Crippen MR) is 106 cm³/mol. The molecular formula is C20H12ClFN2O2S. The van der Waals surface area contributed by atoms with E-state index >= 15 is 0 Å². The Morgan fingerprint density at radius 3 is 2.41 bits per heavy atom. The van der Waals surface area contributed by atoms with Crippen LogP contribution in [0.15, 0.2) is 76.5 Å². The zero-order chi connectivity index (χ0) is 19.0. The molecule has 0 saturated heterocycles. The van der Waals surface area contributed by atoms with E-state index in [0.717, 1.165) is 26.6 Å². The number of fused-ring (bicyclic) bond motifs is 1. The van der Waals surface area contributed by atoms with E-state index in [2.05, 4.69) is 4.98 Å². The standard InChI is InChI=1S/C20H12ClFN2O2S/c21-16-11-18-15(10-17(16)22)20(19(23-18)12-4-2-1-3-5-12)27-14-8-6-13(7-9-14)24(25)26/h1-11,23H. The van der Waals surface area contributed by atoms with E-state index < -0.39 is 10.7 Å². The Balaban J connectivity index is 1.86. The molecule has 4 aromatic rings. The molecule has 0 fully saturated rings. The molecule has 1 aromatic heterocycles. The molecule has 4 rings (SSSR count). The van der Waals surface area contributed by atoms with Gasteiger partial charge in [-0.05, 0) is 29.8 Å². The van der Waals surface area contributed by atoms with Crippen LogP contribution in [0.5, 0.6) is 0 Å². The number of halogens is 2. The van der Waals surface area contributed by atoms with Crippen LogP contribution in [0.2, 0.25) is 5.02 Å². The van der Waals surface area contributed by atoms with Gasteiger partial charge >= 0.3 is 0 Å². The highest BCUT2D eigenvalue weighted by molar-refractivity contribution is 7.99. The molecule has 134 valence electrons. The van der Waals surface area contributed by atoms with Crippen LogP contribution in [0.3, 0.4) is 0 Å². The van der Waals surface area contributed by atoms with Crippen LogP contribution in [-0.4, -0.2) is 9.91 Å². The summed E-state index contributed by atoms with van der Waals surface area (Å²) in [5.74, 6) is -0.492. The Hall–Kier alpha value is -2.83. The van der Waals surface area contributed by atoms with Crippen molar-refractivity contribution in [2.45, 2.75) is 9.79 Å². The summed E-state index contributed by atoms with van der Waals surface area (Å²) >= 11 is 7.35. The van der Waals surface area contributed by atoms with Gasteiger partial charge in [-0.15, -0.1) is 0 Å². The number of H-pyrrole nitrogens is 1. The first kappa shape index (κ1) is 17.6. The maximum Gasteiger partial charge on any atom is 0.269 e. The quantitative estimate of drug-likeness (QED) is 0.308. The number of nitrogens with zero attached hydrogens (tertiary/aromatic N) is 1. The third-order valence-electron chi connectivity index (χ3n) is 4.12. The van der Waals surface area contributed by atoms with Crippen molar-refractivity contribution in [3.05, 3.63) is 87.7 Å². The van der Waals surface area contributed by atoms with E-state index in [9.17, 15) is 14.5 Å². The van der Waals surface area contributed by atoms with Gasteiger partial charge in [0.15, 0.2) is 0 Å². The van der Waals surface area contributed by atoms with E-state index in [0.29, 0.717) is 5.39 Å². The van der Waals surface area contributed by atoms with E-state index in [-0.39, 0.29) is 10.7 Å². The SMILES string of the molecule is O=[N+]([O-])c1ccc(Sc2c(-c3ccccc3)[nH]c3cc(Cl)c(F)cc23)cc1. The first-order valence-corrected chi connectivity index (χ1v) is 9.21. The number of non-ortho nitro benzene ring substituents is 1. The van der Waals surface area contributed by atoms with Gasteiger partial charge < -0.3 is 4.98 Å². The van der Waals surface area contributed by atoms with Crippen molar-refractivity contribution in [1.29, 1.82) is 0 Å². The number of hydrogen-bond donors (Lipinski definition) is 1. The summed E-state index contributed by atoms with van der Waals surface area (Å²) in [6.45, 7) is 0. The molecule has 0 bridgehead atoms. The summed E-state index contributed by atoms with van der Waals surface area (Å²) in [4.78, 5) is 15.4. The van der Waals surface area contributed by atoms with Gasteiger partial charge in [-0.1, -0.05) is 53.7 Å². The van der Waals surface area contributed by atoms with Crippen LogP contribution in [0, 0.1) is 15.9 Å². The Kier molecular flexibility index (Phi) is 4.59. The van der Waals surface area contributed by atoms with Gasteiger partial charge in [-0.2, -0.15) is 0 Å². The number of nitrogens with one attached hydrogen (secondary N) is 1.